The van der Waals surface area contributed by atoms with E-state index < -0.39 is 4.92 Å². The topological polar surface area (TPSA) is 97.0 Å². The Kier molecular flexibility index (Phi) is 2.97. The largest absolute Gasteiger partial charge is 0.433 e. The molecule has 0 spiro atoms. The van der Waals surface area contributed by atoms with Crippen LogP contribution in [0.5, 0.6) is 0 Å². The van der Waals surface area contributed by atoms with E-state index in [-0.39, 0.29) is 5.88 Å². The van der Waals surface area contributed by atoms with Gasteiger partial charge in [0, 0.05) is 12.4 Å². The summed E-state index contributed by atoms with van der Waals surface area (Å²) in [5, 5.41) is 13.4. The second-order valence-electron chi connectivity index (χ2n) is 3.14. The Morgan fingerprint density at radius 3 is 3.00 bits per heavy atom. The molecule has 0 aromatic carbocycles. The highest BCUT2D eigenvalue weighted by Crippen LogP contribution is 2.15. The molecule has 7 nitrogen and oxygen atoms in total. The van der Waals surface area contributed by atoms with E-state index >= 15 is 0 Å². The third-order valence-corrected chi connectivity index (χ3v) is 1.97. The van der Waals surface area contributed by atoms with Crippen molar-refractivity contribution in [3.05, 3.63) is 46.2 Å². The lowest BCUT2D eigenvalue weighted by atomic mass is 10.4. The van der Waals surface area contributed by atoms with Gasteiger partial charge in [-0.2, -0.15) is 0 Å². The maximum absolute atomic E-state index is 10.4. The van der Waals surface area contributed by atoms with E-state index in [1.807, 2.05) is 0 Å². The van der Waals surface area contributed by atoms with Crippen LogP contribution < -0.4 is 5.32 Å². The first-order valence-electron chi connectivity index (χ1n) is 4.68. The molecule has 0 aliphatic carbocycles. The number of hydrogen-bond donors (Lipinski definition) is 2. The molecule has 0 saturated heterocycles. The maximum Gasteiger partial charge on any atom is 0.433 e. The van der Waals surface area contributed by atoms with Gasteiger partial charge in [-0.1, -0.05) is 0 Å². The van der Waals surface area contributed by atoms with Crippen LogP contribution in [0.4, 0.5) is 5.88 Å². The Labute approximate surface area is 90.6 Å². The van der Waals surface area contributed by atoms with Gasteiger partial charge >= 0.3 is 5.88 Å². The third-order valence-electron chi connectivity index (χ3n) is 1.97. The Morgan fingerprint density at radius 1 is 1.50 bits per heavy atom. The van der Waals surface area contributed by atoms with Crippen LogP contribution in [0.25, 0.3) is 0 Å². The quantitative estimate of drug-likeness (QED) is 0.585. The molecule has 16 heavy (non-hydrogen) atoms. The number of nitrogens with zero attached hydrogens (tertiary/aromatic N) is 2. The van der Waals surface area contributed by atoms with Gasteiger partial charge in [0.05, 0.1) is 19.2 Å². The molecule has 0 amide bonds. The average Bonchev–Trinajstić information content (AvgIpc) is 2.87. The van der Waals surface area contributed by atoms with Crippen molar-refractivity contribution in [2.75, 3.05) is 0 Å². The van der Waals surface area contributed by atoms with Crippen molar-refractivity contribution in [2.45, 2.75) is 13.1 Å². The lowest BCUT2D eigenvalue weighted by Gasteiger charge is -1.98. The Hall–Kier alpha value is -2.15. The van der Waals surface area contributed by atoms with Crippen LogP contribution in [-0.2, 0) is 13.1 Å². The molecular weight excluding hydrogens is 212 g/mol. The minimum atomic E-state index is -0.559. The molecule has 0 atom stereocenters. The van der Waals surface area contributed by atoms with E-state index in [1.54, 1.807) is 18.5 Å². The monoisotopic (exact) mass is 222 g/mol. The first-order valence-corrected chi connectivity index (χ1v) is 4.68. The van der Waals surface area contributed by atoms with Crippen LogP contribution in [0.15, 0.2) is 28.9 Å². The van der Waals surface area contributed by atoms with E-state index in [0.717, 1.165) is 5.82 Å². The molecule has 0 saturated carbocycles. The molecule has 0 aliphatic heterocycles. The van der Waals surface area contributed by atoms with Crippen molar-refractivity contribution < 1.29 is 9.34 Å². The first kappa shape index (κ1) is 10.4. The predicted molar refractivity (Wildman–Crippen MR) is 54.5 cm³/mol. The number of aromatic nitrogens is 2. The second kappa shape index (κ2) is 4.58. The van der Waals surface area contributed by atoms with Gasteiger partial charge in [-0.3, -0.25) is 10.1 Å². The summed E-state index contributed by atoms with van der Waals surface area (Å²) in [7, 11) is 0. The predicted octanol–water partition coefficient (Wildman–Crippen LogP) is 1.20. The number of imidazole rings is 1. The molecule has 2 aromatic rings. The van der Waals surface area contributed by atoms with Crippen LogP contribution in [0.3, 0.4) is 0 Å². The fourth-order valence-corrected chi connectivity index (χ4v) is 1.26. The molecule has 2 aromatic heterocycles. The zero-order valence-corrected chi connectivity index (χ0v) is 8.34. The number of nitro groups is 1. The average molecular weight is 222 g/mol. The van der Waals surface area contributed by atoms with E-state index in [9.17, 15) is 10.1 Å². The molecule has 0 radical (unpaired) electrons. The van der Waals surface area contributed by atoms with Crippen LogP contribution in [0.1, 0.15) is 11.6 Å². The van der Waals surface area contributed by atoms with Crippen molar-refractivity contribution in [1.29, 1.82) is 0 Å². The highest BCUT2D eigenvalue weighted by atomic mass is 16.6. The van der Waals surface area contributed by atoms with Gasteiger partial charge in [0.2, 0.25) is 0 Å². The fraction of sp³-hybridized carbons (Fsp3) is 0.222. The molecule has 7 heteroatoms. The second-order valence-corrected chi connectivity index (χ2v) is 3.14. The van der Waals surface area contributed by atoms with Crippen molar-refractivity contribution in [3.63, 3.8) is 0 Å². The van der Waals surface area contributed by atoms with Gasteiger partial charge < -0.3 is 14.7 Å². The van der Waals surface area contributed by atoms with Gasteiger partial charge in [0.25, 0.3) is 0 Å². The molecule has 2 N–H and O–H groups in total. The van der Waals surface area contributed by atoms with Gasteiger partial charge in [0.1, 0.15) is 16.5 Å². The molecule has 0 unspecified atom stereocenters. The smallest absolute Gasteiger partial charge is 0.404 e. The summed E-state index contributed by atoms with van der Waals surface area (Å²) in [5.41, 5.74) is 0. The fourth-order valence-electron chi connectivity index (χ4n) is 1.26. The normalized spacial score (nSPS) is 10.5. The van der Waals surface area contributed by atoms with Crippen molar-refractivity contribution in [2.24, 2.45) is 0 Å². The van der Waals surface area contributed by atoms with E-state index in [4.69, 9.17) is 4.42 Å². The van der Waals surface area contributed by atoms with Crippen LogP contribution in [-0.4, -0.2) is 14.9 Å². The summed E-state index contributed by atoms with van der Waals surface area (Å²) >= 11 is 0. The number of aromatic amines is 1. The van der Waals surface area contributed by atoms with Crippen LogP contribution >= 0.6 is 0 Å². The highest BCUT2D eigenvalue weighted by molar-refractivity contribution is 5.17. The van der Waals surface area contributed by atoms with Crippen LogP contribution in [0.2, 0.25) is 0 Å². The highest BCUT2D eigenvalue weighted by Gasteiger charge is 2.11. The Bertz CT molecular complexity index is 463. The van der Waals surface area contributed by atoms with Gasteiger partial charge in [-0.05, 0) is 6.07 Å². The minimum absolute atomic E-state index is 0.241. The zero-order chi connectivity index (χ0) is 11.4. The molecule has 0 aliphatic rings. The summed E-state index contributed by atoms with van der Waals surface area (Å²) in [6, 6.07) is 2.91. The SMILES string of the molecule is O=[N+]([O-])c1ccc(CNCc2ncc[nH]2)o1. The summed E-state index contributed by atoms with van der Waals surface area (Å²) in [6.07, 6.45) is 3.39. The summed E-state index contributed by atoms with van der Waals surface area (Å²) in [5.74, 6) is 1.09. The summed E-state index contributed by atoms with van der Waals surface area (Å²) in [6.45, 7) is 0.982. The standard InChI is InChI=1S/C9H10N4O3/c14-13(15)9-2-1-7(16-9)5-10-6-8-11-3-4-12-8/h1-4,10H,5-6H2,(H,11,12). The van der Waals surface area contributed by atoms with Crippen molar-refractivity contribution in [3.8, 4) is 0 Å². The lowest BCUT2D eigenvalue weighted by molar-refractivity contribution is -0.402. The van der Waals surface area contributed by atoms with Crippen molar-refractivity contribution >= 4 is 5.88 Å². The zero-order valence-electron chi connectivity index (χ0n) is 8.34. The molecular formula is C9H10N4O3. The molecule has 0 bridgehead atoms. The number of rotatable bonds is 5. The first-order chi connectivity index (χ1) is 7.75. The van der Waals surface area contributed by atoms with E-state index in [1.165, 1.54) is 6.07 Å². The Balaban J connectivity index is 1.83. The Morgan fingerprint density at radius 2 is 2.38 bits per heavy atom. The summed E-state index contributed by atoms with van der Waals surface area (Å²) in [4.78, 5) is 16.8. The lowest BCUT2D eigenvalue weighted by Crippen LogP contribution is -2.13. The van der Waals surface area contributed by atoms with Crippen LogP contribution in [0, 0.1) is 10.1 Å². The van der Waals surface area contributed by atoms with Crippen molar-refractivity contribution in [1.82, 2.24) is 15.3 Å². The summed E-state index contributed by atoms with van der Waals surface area (Å²) < 4.78 is 4.97. The number of nitrogens with one attached hydrogen (secondary N) is 2. The van der Waals surface area contributed by atoms with E-state index in [0.29, 0.717) is 18.8 Å². The molecule has 2 rings (SSSR count). The molecule has 2 heterocycles. The van der Waals surface area contributed by atoms with Gasteiger partial charge in [0.15, 0.2) is 0 Å². The maximum atomic E-state index is 10.4. The molecule has 84 valence electrons. The third kappa shape index (κ3) is 2.45. The van der Waals surface area contributed by atoms with Gasteiger partial charge in [-0.15, -0.1) is 0 Å². The number of hydrogen-bond acceptors (Lipinski definition) is 5. The minimum Gasteiger partial charge on any atom is -0.404 e. The van der Waals surface area contributed by atoms with E-state index in [2.05, 4.69) is 15.3 Å². The number of furan rings is 1. The molecule has 0 fully saturated rings. The number of H-pyrrole nitrogens is 1. The van der Waals surface area contributed by atoms with Gasteiger partial charge in [-0.25, -0.2) is 4.98 Å².